The number of ether oxygens (including phenoxy) is 3. The summed E-state index contributed by atoms with van der Waals surface area (Å²) in [4.78, 5) is 24.4. The number of benzene rings is 1. The van der Waals surface area contributed by atoms with Crippen molar-refractivity contribution in [2.24, 2.45) is 0 Å². The number of fused-ring (bicyclic) bond motifs is 2. The first-order valence-corrected chi connectivity index (χ1v) is 12.6. The Labute approximate surface area is 207 Å². The van der Waals surface area contributed by atoms with Crippen LogP contribution in [0.25, 0.3) is 11.2 Å². The van der Waals surface area contributed by atoms with E-state index in [2.05, 4.69) is 15.0 Å². The molecule has 5 heterocycles. The van der Waals surface area contributed by atoms with Gasteiger partial charge in [-0.1, -0.05) is 12.1 Å². The molecule has 1 unspecified atom stereocenters. The Morgan fingerprint density at radius 2 is 2.14 bits per heavy atom. The minimum atomic E-state index is -4.23. The van der Waals surface area contributed by atoms with Crippen molar-refractivity contribution >= 4 is 31.0 Å². The second-order valence-electron chi connectivity index (χ2n) is 8.79. The van der Waals surface area contributed by atoms with Crippen molar-refractivity contribution in [3.05, 3.63) is 48.1 Å². The summed E-state index contributed by atoms with van der Waals surface area (Å²) in [5.74, 6) is -2.02. The molecule has 3 saturated heterocycles. The number of nitrogens with zero attached hydrogens (tertiary/aromatic N) is 4. The van der Waals surface area contributed by atoms with Crippen LogP contribution in [0.5, 0.6) is 0 Å². The number of rotatable bonds is 5. The predicted molar refractivity (Wildman–Crippen MR) is 118 cm³/mol. The zero-order valence-corrected chi connectivity index (χ0v) is 20.0. The first kappa shape index (κ1) is 24.1. The number of carbonyl (C=O) groups excluding carboxylic acids is 1. The van der Waals surface area contributed by atoms with Gasteiger partial charge < -0.3 is 19.9 Å². The van der Waals surface area contributed by atoms with Gasteiger partial charge in [0, 0.05) is 12.0 Å². The minimum absolute atomic E-state index is 0.0898. The molecule has 6 rings (SSSR count). The molecule has 0 spiro atoms. The first-order valence-electron chi connectivity index (χ1n) is 11.2. The lowest BCUT2D eigenvalue weighted by molar-refractivity contribution is -0.0926. The molecule has 3 fully saturated rings. The quantitative estimate of drug-likeness (QED) is 0.373. The van der Waals surface area contributed by atoms with E-state index < -0.39 is 62.4 Å². The lowest BCUT2D eigenvalue weighted by Gasteiger charge is -2.30. The lowest BCUT2D eigenvalue weighted by atomic mass is 9.96. The average Bonchev–Trinajstić information content (AvgIpc) is 3.49. The van der Waals surface area contributed by atoms with Crippen molar-refractivity contribution < 1.29 is 45.9 Å². The van der Waals surface area contributed by atoms with E-state index in [1.165, 1.54) is 29.4 Å². The van der Waals surface area contributed by atoms with Gasteiger partial charge in [0.1, 0.15) is 17.9 Å². The van der Waals surface area contributed by atoms with Crippen LogP contribution < -0.4 is 5.73 Å². The fourth-order valence-corrected chi connectivity index (χ4v) is 6.11. The number of nitrogens with two attached hydrogens (primary N) is 1. The Morgan fingerprint density at radius 3 is 2.97 bits per heavy atom. The monoisotopic (exact) mass is 539 g/mol. The Balaban J connectivity index is 1.23. The van der Waals surface area contributed by atoms with Gasteiger partial charge in [0.25, 0.3) is 0 Å². The third-order valence-electron chi connectivity index (χ3n) is 6.47. The number of carbonyl (C=O) groups is 1. The van der Waals surface area contributed by atoms with Gasteiger partial charge in [-0.25, -0.2) is 33.1 Å². The van der Waals surface area contributed by atoms with Gasteiger partial charge in [-0.15, -0.1) is 0 Å². The molecule has 1 aromatic carbocycles. The van der Waals surface area contributed by atoms with Crippen LogP contribution in [0.3, 0.4) is 0 Å². The average molecular weight is 539 g/mol. The molecule has 3 aliphatic rings. The predicted octanol–water partition coefficient (Wildman–Crippen LogP) is 3.18. The molecule has 6 atom stereocenters. The van der Waals surface area contributed by atoms with Crippen LogP contribution >= 0.6 is 7.82 Å². The normalized spacial score (nSPS) is 33.3. The fraction of sp³-hybridized carbons (Fsp3) is 0.429. The SMILES string of the molecule is C[C@@]12OC(=O)O[C@@H]1[C@@H](COP1(=O)OCC[C@@H](c3cccc(F)c3F)O1)O[C@H]2n1cnc2c(N)ncnc21. The molecule has 3 aliphatic heterocycles. The number of aromatic nitrogens is 4. The number of imidazole rings is 1. The van der Waals surface area contributed by atoms with E-state index in [0.29, 0.717) is 11.2 Å². The number of phosphoric acid groups is 1. The summed E-state index contributed by atoms with van der Waals surface area (Å²) in [7, 11) is -4.23. The molecule has 0 amide bonds. The molecular formula is C21H20F2N5O8P. The molecule has 2 aromatic heterocycles. The summed E-state index contributed by atoms with van der Waals surface area (Å²) in [6.45, 7) is 1.10. The van der Waals surface area contributed by atoms with Crippen molar-refractivity contribution in [2.45, 2.75) is 43.5 Å². The Bertz CT molecular complexity index is 1440. The van der Waals surface area contributed by atoms with E-state index in [4.69, 9.17) is 33.5 Å². The summed E-state index contributed by atoms with van der Waals surface area (Å²) in [5, 5.41) is 0. The summed E-state index contributed by atoms with van der Waals surface area (Å²) >= 11 is 0. The number of hydrogen-bond donors (Lipinski definition) is 1. The molecule has 0 bridgehead atoms. The van der Waals surface area contributed by atoms with Crippen molar-refractivity contribution in [3.8, 4) is 0 Å². The van der Waals surface area contributed by atoms with Crippen LogP contribution in [0.1, 0.15) is 31.2 Å². The van der Waals surface area contributed by atoms with E-state index in [9.17, 15) is 18.1 Å². The highest BCUT2D eigenvalue weighted by Gasteiger charge is 2.64. The standard InChI is InChI=1S/C21H20F2N5O8P/c1-21-16(34-20(29)35-21)13(33-19(21)28-9-27-15-17(24)25-8-26-18(15)28)7-32-37(30)31-6-5-12(36-37)10-3-2-4-11(22)14(10)23/h2-4,8-9,12-13,16,19H,5-7H2,1H3,(H2,24,25,26)/t12-,13+,16+,19+,21+,37?/m0/s1. The molecule has 196 valence electrons. The van der Waals surface area contributed by atoms with Crippen LogP contribution in [0.4, 0.5) is 19.4 Å². The maximum Gasteiger partial charge on any atom is 0.509 e. The minimum Gasteiger partial charge on any atom is -0.424 e. The molecule has 2 N–H and O–H groups in total. The molecule has 13 nitrogen and oxygen atoms in total. The largest absolute Gasteiger partial charge is 0.509 e. The smallest absolute Gasteiger partial charge is 0.424 e. The van der Waals surface area contributed by atoms with Crippen LogP contribution in [-0.4, -0.2) is 56.7 Å². The lowest BCUT2D eigenvalue weighted by Crippen LogP contribution is -2.42. The molecule has 0 saturated carbocycles. The van der Waals surface area contributed by atoms with Crippen molar-refractivity contribution in [2.75, 3.05) is 18.9 Å². The highest BCUT2D eigenvalue weighted by Crippen LogP contribution is 2.58. The third kappa shape index (κ3) is 3.94. The summed E-state index contributed by atoms with van der Waals surface area (Å²) < 4.78 is 75.8. The number of anilines is 1. The summed E-state index contributed by atoms with van der Waals surface area (Å²) in [6.07, 6.45) is -2.14. The van der Waals surface area contributed by atoms with Gasteiger partial charge in [-0.05, 0) is 13.0 Å². The molecule has 16 heteroatoms. The summed E-state index contributed by atoms with van der Waals surface area (Å²) in [5.41, 5.74) is 5.07. The van der Waals surface area contributed by atoms with E-state index in [0.717, 1.165) is 6.07 Å². The van der Waals surface area contributed by atoms with Crippen LogP contribution in [0, 0.1) is 11.6 Å². The van der Waals surface area contributed by atoms with E-state index in [-0.39, 0.29) is 24.4 Å². The molecule has 0 radical (unpaired) electrons. The van der Waals surface area contributed by atoms with Crippen molar-refractivity contribution in [3.63, 3.8) is 0 Å². The second-order valence-corrected chi connectivity index (χ2v) is 10.4. The third-order valence-corrected chi connectivity index (χ3v) is 7.95. The molecule has 37 heavy (non-hydrogen) atoms. The highest BCUT2D eigenvalue weighted by atomic mass is 31.2. The van der Waals surface area contributed by atoms with Gasteiger partial charge >= 0.3 is 14.0 Å². The number of nitrogen functional groups attached to an aromatic ring is 1. The van der Waals surface area contributed by atoms with E-state index >= 15 is 0 Å². The molecule has 0 aliphatic carbocycles. The van der Waals surface area contributed by atoms with E-state index in [1.807, 2.05) is 0 Å². The summed E-state index contributed by atoms with van der Waals surface area (Å²) in [6, 6.07) is 3.61. The maximum atomic E-state index is 14.3. The molecule has 3 aromatic rings. The zero-order chi connectivity index (χ0) is 25.9. The van der Waals surface area contributed by atoms with Crippen LogP contribution in [0.2, 0.25) is 0 Å². The fourth-order valence-electron chi connectivity index (χ4n) is 4.72. The Morgan fingerprint density at radius 1 is 1.30 bits per heavy atom. The van der Waals surface area contributed by atoms with Crippen molar-refractivity contribution in [1.29, 1.82) is 0 Å². The van der Waals surface area contributed by atoms with Gasteiger partial charge in [-0.3, -0.25) is 18.1 Å². The Hall–Kier alpha value is -3.23. The first-order chi connectivity index (χ1) is 17.7. The van der Waals surface area contributed by atoms with Crippen LogP contribution in [-0.2, 0) is 32.3 Å². The Kier molecular flexibility index (Phi) is 5.65. The van der Waals surface area contributed by atoms with Gasteiger partial charge in [-0.2, -0.15) is 0 Å². The van der Waals surface area contributed by atoms with Gasteiger partial charge in [0.15, 0.2) is 41.0 Å². The number of halogens is 2. The zero-order valence-electron chi connectivity index (χ0n) is 19.2. The maximum absolute atomic E-state index is 14.3. The number of hydrogen-bond acceptors (Lipinski definition) is 12. The van der Waals surface area contributed by atoms with Crippen LogP contribution in [0.15, 0.2) is 30.9 Å². The second kappa shape index (κ2) is 8.67. The van der Waals surface area contributed by atoms with Gasteiger partial charge in [0.05, 0.1) is 25.6 Å². The topological polar surface area (TPSA) is 159 Å². The van der Waals surface area contributed by atoms with E-state index in [1.54, 1.807) is 6.92 Å². The molecular weight excluding hydrogens is 519 g/mol. The van der Waals surface area contributed by atoms with Crippen molar-refractivity contribution in [1.82, 2.24) is 19.5 Å². The van der Waals surface area contributed by atoms with Gasteiger partial charge in [0.2, 0.25) is 0 Å². The number of phosphoric ester groups is 1. The highest BCUT2D eigenvalue weighted by molar-refractivity contribution is 7.48.